The minimum absolute atomic E-state index is 0.00565. The van der Waals surface area contributed by atoms with Crippen LogP contribution in [0.2, 0.25) is 0 Å². The second kappa shape index (κ2) is 5.38. The molecule has 0 bridgehead atoms. The van der Waals surface area contributed by atoms with E-state index < -0.39 is 6.04 Å². The molecule has 3 nitrogen and oxygen atoms in total. The number of nitrogens with one attached hydrogen (secondary N) is 1. The predicted octanol–water partition coefficient (Wildman–Crippen LogP) is 2.30. The molecule has 1 aliphatic rings. The highest BCUT2D eigenvalue weighted by atomic mass is 16.2. The molecule has 17 heavy (non-hydrogen) atoms. The van der Waals surface area contributed by atoms with Crippen molar-refractivity contribution < 1.29 is 4.79 Å². The summed E-state index contributed by atoms with van der Waals surface area (Å²) in [5, 5.41) is 3.14. The monoisotopic (exact) mass is 240 g/mol. The Bertz CT molecular complexity index is 270. The summed E-state index contributed by atoms with van der Waals surface area (Å²) in [6, 6.07) is -0.101. The zero-order valence-electron chi connectivity index (χ0n) is 11.9. The molecule has 1 aliphatic carbocycles. The van der Waals surface area contributed by atoms with Gasteiger partial charge in [0.1, 0.15) is 0 Å². The molecule has 0 aliphatic heterocycles. The smallest absolute Gasteiger partial charge is 0.237 e. The summed E-state index contributed by atoms with van der Waals surface area (Å²) in [5.74, 6) is 1.34. The number of hydrogen-bond acceptors (Lipinski definition) is 2. The van der Waals surface area contributed by atoms with Crippen LogP contribution in [0.5, 0.6) is 0 Å². The topological polar surface area (TPSA) is 55.1 Å². The van der Waals surface area contributed by atoms with Crippen LogP contribution < -0.4 is 11.1 Å². The molecule has 1 amide bonds. The molecule has 0 saturated heterocycles. The molecule has 0 aromatic rings. The van der Waals surface area contributed by atoms with Crippen LogP contribution in [0.3, 0.4) is 0 Å². The van der Waals surface area contributed by atoms with Crippen LogP contribution in [-0.4, -0.2) is 18.0 Å². The van der Waals surface area contributed by atoms with E-state index in [9.17, 15) is 4.79 Å². The van der Waals surface area contributed by atoms with E-state index in [2.05, 4.69) is 19.2 Å². The quantitative estimate of drug-likeness (QED) is 0.795. The molecule has 0 aromatic carbocycles. The highest BCUT2D eigenvalue weighted by Gasteiger charge is 2.35. The summed E-state index contributed by atoms with van der Waals surface area (Å²) in [4.78, 5) is 12.1. The molecular weight excluding hydrogens is 212 g/mol. The zero-order valence-corrected chi connectivity index (χ0v) is 11.9. The van der Waals surface area contributed by atoms with Crippen LogP contribution in [0.25, 0.3) is 0 Å². The van der Waals surface area contributed by atoms with Gasteiger partial charge in [0.25, 0.3) is 0 Å². The van der Waals surface area contributed by atoms with Crippen LogP contribution in [-0.2, 0) is 4.79 Å². The van der Waals surface area contributed by atoms with Gasteiger partial charge in [0.2, 0.25) is 5.91 Å². The number of hydrogen-bond donors (Lipinski definition) is 2. The lowest BCUT2D eigenvalue weighted by Gasteiger charge is -2.29. The van der Waals surface area contributed by atoms with Crippen molar-refractivity contribution in [3.8, 4) is 0 Å². The fraction of sp³-hybridized carbons (Fsp3) is 0.929. The van der Waals surface area contributed by atoms with Crippen molar-refractivity contribution in [1.29, 1.82) is 0 Å². The first-order valence-corrected chi connectivity index (χ1v) is 6.83. The van der Waals surface area contributed by atoms with Crippen molar-refractivity contribution in [2.24, 2.45) is 23.0 Å². The summed E-state index contributed by atoms with van der Waals surface area (Å²) >= 11 is 0. The molecule has 1 fully saturated rings. The van der Waals surface area contributed by atoms with E-state index in [0.717, 1.165) is 12.3 Å². The SMILES string of the molecule is CCC1CCC(NC(=O)[C@@H](N)C(C)(C)C)C1C. The van der Waals surface area contributed by atoms with Crippen molar-refractivity contribution >= 4 is 5.91 Å². The van der Waals surface area contributed by atoms with Crippen LogP contribution >= 0.6 is 0 Å². The predicted molar refractivity (Wildman–Crippen MR) is 71.5 cm³/mol. The Kier molecular flexibility index (Phi) is 4.59. The molecule has 4 atom stereocenters. The van der Waals surface area contributed by atoms with Crippen molar-refractivity contribution in [2.75, 3.05) is 0 Å². The van der Waals surface area contributed by atoms with Gasteiger partial charge in [-0.3, -0.25) is 4.79 Å². The molecule has 100 valence electrons. The Morgan fingerprint density at radius 1 is 1.41 bits per heavy atom. The Labute approximate surface area is 106 Å². The summed E-state index contributed by atoms with van der Waals surface area (Å²) in [6.45, 7) is 10.5. The Balaban J connectivity index is 2.53. The van der Waals surface area contributed by atoms with Gasteiger partial charge < -0.3 is 11.1 Å². The number of rotatable bonds is 3. The third-order valence-electron chi connectivity index (χ3n) is 4.29. The van der Waals surface area contributed by atoms with Gasteiger partial charge in [0.15, 0.2) is 0 Å². The zero-order chi connectivity index (χ0) is 13.2. The van der Waals surface area contributed by atoms with Gasteiger partial charge in [-0.15, -0.1) is 0 Å². The molecule has 0 aromatic heterocycles. The van der Waals surface area contributed by atoms with Crippen molar-refractivity contribution in [3.63, 3.8) is 0 Å². The minimum Gasteiger partial charge on any atom is -0.352 e. The molecule has 0 heterocycles. The number of nitrogens with two attached hydrogens (primary N) is 1. The maximum atomic E-state index is 12.1. The van der Waals surface area contributed by atoms with E-state index in [1.165, 1.54) is 12.8 Å². The number of amides is 1. The van der Waals surface area contributed by atoms with E-state index in [1.807, 2.05) is 20.8 Å². The molecule has 1 saturated carbocycles. The second-order valence-electron chi connectivity index (χ2n) is 6.56. The third kappa shape index (κ3) is 3.44. The van der Waals surface area contributed by atoms with Gasteiger partial charge in [-0.2, -0.15) is 0 Å². The Morgan fingerprint density at radius 3 is 2.41 bits per heavy atom. The third-order valence-corrected chi connectivity index (χ3v) is 4.29. The summed E-state index contributed by atoms with van der Waals surface area (Å²) < 4.78 is 0. The molecule has 0 radical (unpaired) electrons. The van der Waals surface area contributed by atoms with Crippen LogP contribution in [0.4, 0.5) is 0 Å². The maximum Gasteiger partial charge on any atom is 0.237 e. The first-order valence-electron chi connectivity index (χ1n) is 6.83. The number of carbonyl (C=O) groups is 1. The first-order chi connectivity index (χ1) is 7.77. The van der Waals surface area contributed by atoms with E-state index in [0.29, 0.717) is 12.0 Å². The first kappa shape index (κ1) is 14.5. The van der Waals surface area contributed by atoms with Crippen molar-refractivity contribution in [1.82, 2.24) is 5.32 Å². The largest absolute Gasteiger partial charge is 0.352 e. The van der Waals surface area contributed by atoms with Gasteiger partial charge in [-0.25, -0.2) is 0 Å². The van der Waals surface area contributed by atoms with Crippen LogP contribution in [0, 0.1) is 17.3 Å². The van der Waals surface area contributed by atoms with E-state index in [4.69, 9.17) is 5.73 Å². The molecule has 3 unspecified atom stereocenters. The van der Waals surface area contributed by atoms with Gasteiger partial charge in [-0.1, -0.05) is 41.0 Å². The molecule has 0 spiro atoms. The summed E-state index contributed by atoms with van der Waals surface area (Å²) in [6.07, 6.45) is 3.54. The fourth-order valence-electron chi connectivity index (χ4n) is 2.69. The molecule has 3 heteroatoms. The van der Waals surface area contributed by atoms with E-state index in [1.54, 1.807) is 0 Å². The van der Waals surface area contributed by atoms with Gasteiger partial charge in [0.05, 0.1) is 6.04 Å². The van der Waals surface area contributed by atoms with Crippen LogP contribution in [0.1, 0.15) is 53.9 Å². The average Bonchev–Trinajstić information content (AvgIpc) is 2.57. The highest BCUT2D eigenvalue weighted by molar-refractivity contribution is 5.82. The Morgan fingerprint density at radius 2 is 2.00 bits per heavy atom. The number of carbonyl (C=O) groups excluding carboxylic acids is 1. The highest BCUT2D eigenvalue weighted by Crippen LogP contribution is 2.34. The molecule has 3 N–H and O–H groups in total. The van der Waals surface area contributed by atoms with E-state index in [-0.39, 0.29) is 11.3 Å². The lowest BCUT2D eigenvalue weighted by atomic mass is 9.86. The minimum atomic E-state index is -0.421. The maximum absolute atomic E-state index is 12.1. The van der Waals surface area contributed by atoms with E-state index >= 15 is 0 Å². The van der Waals surface area contributed by atoms with Crippen molar-refractivity contribution in [2.45, 2.75) is 66.0 Å². The Hall–Kier alpha value is -0.570. The van der Waals surface area contributed by atoms with Gasteiger partial charge in [0, 0.05) is 6.04 Å². The molecule has 1 rings (SSSR count). The lowest BCUT2D eigenvalue weighted by Crippen LogP contribution is -2.52. The fourth-order valence-corrected chi connectivity index (χ4v) is 2.69. The normalized spacial score (nSPS) is 31.3. The van der Waals surface area contributed by atoms with Gasteiger partial charge >= 0.3 is 0 Å². The summed E-state index contributed by atoms with van der Waals surface area (Å²) in [5.41, 5.74) is 5.80. The second-order valence-corrected chi connectivity index (χ2v) is 6.56. The standard InChI is InChI=1S/C14H28N2O/c1-6-10-7-8-11(9(10)2)16-13(17)12(15)14(3,4)5/h9-12H,6-8,15H2,1-5H3,(H,16,17)/t9?,10?,11?,12-/m1/s1. The molecular formula is C14H28N2O. The van der Waals surface area contributed by atoms with Crippen LogP contribution in [0.15, 0.2) is 0 Å². The average molecular weight is 240 g/mol. The van der Waals surface area contributed by atoms with Crippen molar-refractivity contribution in [3.05, 3.63) is 0 Å². The van der Waals surface area contributed by atoms with Gasteiger partial charge in [-0.05, 0) is 30.1 Å². The summed E-state index contributed by atoms with van der Waals surface area (Å²) in [7, 11) is 0. The lowest BCUT2D eigenvalue weighted by molar-refractivity contribution is -0.125.